The fraction of sp³-hybridized carbons (Fsp3) is 0.857. The van der Waals surface area contributed by atoms with E-state index in [1.54, 1.807) is 11.1 Å². The third-order valence-electron chi connectivity index (χ3n) is 10.7. The zero-order valence-corrected chi connectivity index (χ0v) is 20.1. The number of hydrogen-bond donors (Lipinski definition) is 1. The second kappa shape index (κ2) is 7.85. The average molecular weight is 400 g/mol. The Morgan fingerprint density at radius 2 is 1.83 bits per heavy atom. The zero-order chi connectivity index (χ0) is 21.0. The molecule has 4 aliphatic carbocycles. The summed E-state index contributed by atoms with van der Waals surface area (Å²) in [4.78, 5) is 0. The van der Waals surface area contributed by atoms with Gasteiger partial charge in [-0.2, -0.15) is 0 Å². The molecule has 0 aromatic heterocycles. The molecule has 0 amide bonds. The first-order chi connectivity index (χ1) is 13.7. The molecule has 4 rings (SSSR count). The van der Waals surface area contributed by atoms with E-state index in [0.29, 0.717) is 10.8 Å². The molecule has 4 aliphatic rings. The molecule has 0 bridgehead atoms. The topological polar surface area (TPSA) is 20.2 Å². The lowest BCUT2D eigenvalue weighted by molar-refractivity contribution is -0.0571. The summed E-state index contributed by atoms with van der Waals surface area (Å²) in [6.07, 6.45) is 15.4. The molecule has 1 heteroatoms. The Balaban J connectivity index is 1.51. The van der Waals surface area contributed by atoms with Crippen LogP contribution in [0.2, 0.25) is 0 Å². The summed E-state index contributed by atoms with van der Waals surface area (Å²) in [5.74, 6) is 4.47. The van der Waals surface area contributed by atoms with Crippen molar-refractivity contribution in [3.05, 3.63) is 22.8 Å². The van der Waals surface area contributed by atoms with E-state index < -0.39 is 0 Å². The molecule has 0 radical (unpaired) electrons. The summed E-state index contributed by atoms with van der Waals surface area (Å²) in [5, 5.41) is 10.2. The van der Waals surface area contributed by atoms with Gasteiger partial charge in [-0.15, -0.1) is 0 Å². The first kappa shape index (κ1) is 21.7. The monoisotopic (exact) mass is 399 g/mol. The standard InChI is InChI=1S/C28H46O/c1-18(2)19(3)7-8-20(4)24-11-12-25-23-10-9-21-17-22(29)13-15-27(21,5)26(23)14-16-28(24,25)6/h9,20,22-26,29H,7-8,10-17H2,1-6H3/t20-,22+,23+,24-,25+,26+,27+,28-/m1/s1/i1+1/b19-18-. The van der Waals surface area contributed by atoms with E-state index in [0.717, 1.165) is 42.4 Å². The third kappa shape index (κ3) is 3.58. The maximum Gasteiger partial charge on any atom is 0.0577 e. The molecule has 164 valence electrons. The number of fused-ring (bicyclic) bond motifs is 5. The molecule has 3 fully saturated rings. The van der Waals surface area contributed by atoms with Crippen molar-refractivity contribution in [2.24, 2.45) is 40.4 Å². The highest BCUT2D eigenvalue weighted by Crippen LogP contribution is 2.67. The van der Waals surface area contributed by atoms with Crippen LogP contribution in [-0.2, 0) is 0 Å². The smallest absolute Gasteiger partial charge is 0.0577 e. The summed E-state index contributed by atoms with van der Waals surface area (Å²) < 4.78 is 0. The van der Waals surface area contributed by atoms with E-state index in [1.165, 1.54) is 56.9 Å². The maximum atomic E-state index is 10.2. The maximum absolute atomic E-state index is 10.2. The van der Waals surface area contributed by atoms with Crippen molar-refractivity contribution in [3.63, 3.8) is 0 Å². The minimum absolute atomic E-state index is 0.0827. The zero-order valence-electron chi connectivity index (χ0n) is 20.1. The normalized spacial score (nSPS) is 46.2. The van der Waals surface area contributed by atoms with Gasteiger partial charge in [-0.3, -0.25) is 0 Å². The summed E-state index contributed by atoms with van der Waals surface area (Å²) in [6, 6.07) is 0. The van der Waals surface area contributed by atoms with Crippen LogP contribution in [0.4, 0.5) is 0 Å². The molecule has 0 saturated heterocycles. The van der Waals surface area contributed by atoms with Crippen molar-refractivity contribution < 1.29 is 5.11 Å². The minimum atomic E-state index is -0.0827. The Bertz CT molecular complexity index is 682. The van der Waals surface area contributed by atoms with E-state index in [-0.39, 0.29) is 6.10 Å². The molecule has 0 aromatic rings. The van der Waals surface area contributed by atoms with Gasteiger partial charge in [-0.25, -0.2) is 0 Å². The van der Waals surface area contributed by atoms with Crippen molar-refractivity contribution >= 4 is 0 Å². The van der Waals surface area contributed by atoms with Gasteiger partial charge >= 0.3 is 0 Å². The number of allylic oxidation sites excluding steroid dienone is 3. The lowest BCUT2D eigenvalue weighted by Gasteiger charge is -2.58. The van der Waals surface area contributed by atoms with E-state index in [9.17, 15) is 5.11 Å². The van der Waals surface area contributed by atoms with E-state index in [2.05, 4.69) is 47.6 Å². The first-order valence-electron chi connectivity index (χ1n) is 12.7. The average Bonchev–Trinajstić information content (AvgIpc) is 3.03. The van der Waals surface area contributed by atoms with Crippen LogP contribution in [0.1, 0.15) is 106 Å². The number of hydrogen-bond acceptors (Lipinski definition) is 1. The first-order valence-corrected chi connectivity index (χ1v) is 12.7. The van der Waals surface area contributed by atoms with Crippen LogP contribution in [0, 0.1) is 40.4 Å². The van der Waals surface area contributed by atoms with Gasteiger partial charge in [0.2, 0.25) is 0 Å². The van der Waals surface area contributed by atoms with Crippen LogP contribution < -0.4 is 0 Å². The predicted octanol–water partition coefficient (Wildman–Crippen LogP) is 7.70. The fourth-order valence-corrected chi connectivity index (χ4v) is 8.51. The van der Waals surface area contributed by atoms with Crippen molar-refractivity contribution in [2.75, 3.05) is 0 Å². The van der Waals surface area contributed by atoms with Gasteiger partial charge < -0.3 is 5.11 Å². The van der Waals surface area contributed by atoms with Crippen molar-refractivity contribution in [1.29, 1.82) is 0 Å². The predicted molar refractivity (Wildman–Crippen MR) is 124 cm³/mol. The van der Waals surface area contributed by atoms with Gasteiger partial charge in [0.1, 0.15) is 0 Å². The largest absolute Gasteiger partial charge is 0.393 e. The second-order valence-corrected chi connectivity index (χ2v) is 12.2. The molecule has 0 aliphatic heterocycles. The van der Waals surface area contributed by atoms with E-state index in [1.807, 2.05) is 0 Å². The van der Waals surface area contributed by atoms with Crippen LogP contribution in [0.15, 0.2) is 22.8 Å². The Morgan fingerprint density at radius 3 is 2.55 bits per heavy atom. The molecule has 0 aromatic carbocycles. The molecule has 3 saturated carbocycles. The molecule has 8 atom stereocenters. The Morgan fingerprint density at radius 1 is 1.07 bits per heavy atom. The summed E-state index contributed by atoms with van der Waals surface area (Å²) in [5.41, 5.74) is 5.69. The van der Waals surface area contributed by atoms with E-state index >= 15 is 0 Å². The molecule has 0 unspecified atom stereocenters. The minimum Gasteiger partial charge on any atom is -0.393 e. The SMILES string of the molecule is C/C([13CH3])=C(/C)CC[C@@H](C)[C@H]1CC[C@H]2[C@@H]3CC=C4C[C@@H](O)CC[C@]4(C)[C@H]3CC[C@]12C. The van der Waals surface area contributed by atoms with Crippen LogP contribution in [-0.4, -0.2) is 11.2 Å². The van der Waals surface area contributed by atoms with E-state index in [4.69, 9.17) is 0 Å². The van der Waals surface area contributed by atoms with Crippen molar-refractivity contribution in [2.45, 2.75) is 112 Å². The van der Waals surface area contributed by atoms with Gasteiger partial charge in [0.25, 0.3) is 0 Å². The molecule has 0 heterocycles. The summed E-state index contributed by atoms with van der Waals surface area (Å²) in [6.45, 7) is 14.7. The van der Waals surface area contributed by atoms with Gasteiger partial charge in [-0.05, 0) is 125 Å². The third-order valence-corrected chi connectivity index (χ3v) is 10.7. The molecular formula is C28H46O. The number of aliphatic hydroxyl groups excluding tert-OH is 1. The summed E-state index contributed by atoms with van der Waals surface area (Å²) >= 11 is 0. The quantitative estimate of drug-likeness (QED) is 0.379. The Labute approximate surface area is 180 Å². The number of aliphatic hydroxyl groups is 1. The molecule has 1 N–H and O–H groups in total. The molecular weight excluding hydrogens is 353 g/mol. The van der Waals surface area contributed by atoms with Gasteiger partial charge in [0.15, 0.2) is 0 Å². The lowest BCUT2D eigenvalue weighted by Crippen LogP contribution is -2.50. The highest BCUT2D eigenvalue weighted by molar-refractivity contribution is 5.25. The van der Waals surface area contributed by atoms with Crippen LogP contribution in [0.5, 0.6) is 0 Å². The van der Waals surface area contributed by atoms with Crippen molar-refractivity contribution in [1.82, 2.24) is 0 Å². The van der Waals surface area contributed by atoms with Crippen LogP contribution in [0.25, 0.3) is 0 Å². The summed E-state index contributed by atoms with van der Waals surface area (Å²) in [7, 11) is 0. The van der Waals surface area contributed by atoms with Crippen LogP contribution >= 0.6 is 0 Å². The highest BCUT2D eigenvalue weighted by Gasteiger charge is 2.59. The van der Waals surface area contributed by atoms with Crippen LogP contribution in [0.3, 0.4) is 0 Å². The van der Waals surface area contributed by atoms with Gasteiger partial charge in [0, 0.05) is 0 Å². The molecule has 1 nitrogen and oxygen atoms in total. The second-order valence-electron chi connectivity index (χ2n) is 12.2. The van der Waals surface area contributed by atoms with Crippen molar-refractivity contribution in [3.8, 4) is 0 Å². The lowest BCUT2D eigenvalue weighted by atomic mass is 9.47. The van der Waals surface area contributed by atoms with Gasteiger partial charge in [0.05, 0.1) is 6.10 Å². The Hall–Kier alpha value is -0.560. The van der Waals surface area contributed by atoms with Gasteiger partial charge in [-0.1, -0.05) is 43.6 Å². The highest BCUT2D eigenvalue weighted by atomic mass is 16.3. The Kier molecular flexibility index (Phi) is 5.86. The number of rotatable bonds is 4. The molecule has 29 heavy (non-hydrogen) atoms. The fourth-order valence-electron chi connectivity index (χ4n) is 8.51. The molecule has 0 spiro atoms.